The first-order valence-electron chi connectivity index (χ1n) is 10.7. The van der Waals surface area contributed by atoms with Gasteiger partial charge in [-0.25, -0.2) is 13.1 Å². The zero-order valence-electron chi connectivity index (χ0n) is 19.1. The number of aromatic nitrogens is 2. The topological polar surface area (TPSA) is 93.4 Å². The minimum Gasteiger partial charge on any atom is -0.318 e. The Kier molecular flexibility index (Phi) is 7.13. The Morgan fingerprint density at radius 3 is 2.11 bits per heavy atom. The van der Waals surface area contributed by atoms with Crippen molar-refractivity contribution in [1.82, 2.24) is 9.36 Å². The van der Waals surface area contributed by atoms with Crippen molar-refractivity contribution < 1.29 is 13.2 Å². The average molecular weight is 602 g/mol. The van der Waals surface area contributed by atoms with Crippen molar-refractivity contribution in [2.75, 3.05) is 16.2 Å². The number of carbonyl (C=O) groups excluding carboxylic acids is 1. The van der Waals surface area contributed by atoms with Crippen LogP contribution in [0.3, 0.4) is 0 Å². The third-order valence-corrected chi connectivity index (χ3v) is 8.06. The highest BCUT2D eigenvalue weighted by Gasteiger charge is 2.28. The second kappa shape index (κ2) is 10.1. The fraction of sp³-hybridized carbons (Fsp3) is 0.120. The SMILES string of the molecule is Cc1c(NC(=O)CN(c2ccc(I)cc2)S(=O)(=O)c2ccccc2)c(=O)n(-c2ccccc2)n1C. The molecule has 35 heavy (non-hydrogen) atoms. The number of anilines is 2. The third-order valence-electron chi connectivity index (χ3n) is 5.55. The number of sulfonamides is 1. The smallest absolute Gasteiger partial charge is 0.295 e. The Labute approximate surface area is 217 Å². The van der Waals surface area contributed by atoms with Crippen LogP contribution in [0.15, 0.2) is 94.6 Å². The number of halogens is 1. The van der Waals surface area contributed by atoms with Crippen LogP contribution in [-0.2, 0) is 21.9 Å². The first-order valence-corrected chi connectivity index (χ1v) is 13.2. The highest BCUT2D eigenvalue weighted by molar-refractivity contribution is 14.1. The Bertz CT molecular complexity index is 1510. The van der Waals surface area contributed by atoms with Crippen molar-refractivity contribution >= 4 is 49.9 Å². The first kappa shape index (κ1) is 24.7. The first-order chi connectivity index (χ1) is 16.7. The van der Waals surface area contributed by atoms with E-state index < -0.39 is 28.0 Å². The van der Waals surface area contributed by atoms with Crippen LogP contribution in [-0.4, -0.2) is 30.2 Å². The summed E-state index contributed by atoms with van der Waals surface area (Å²) in [6.45, 7) is 1.21. The predicted octanol–water partition coefficient (Wildman–Crippen LogP) is 3.92. The largest absolute Gasteiger partial charge is 0.318 e. The number of nitrogens with one attached hydrogen (secondary N) is 1. The van der Waals surface area contributed by atoms with Gasteiger partial charge in [0.15, 0.2) is 0 Å². The van der Waals surface area contributed by atoms with Gasteiger partial charge in [-0.2, -0.15) is 0 Å². The number of nitrogens with zero attached hydrogens (tertiary/aromatic N) is 3. The molecular formula is C25H23IN4O4S. The Hall–Kier alpha value is -3.38. The van der Waals surface area contributed by atoms with Gasteiger partial charge in [0, 0.05) is 10.6 Å². The van der Waals surface area contributed by atoms with Crippen molar-refractivity contribution in [3.05, 3.63) is 105 Å². The van der Waals surface area contributed by atoms with E-state index in [1.54, 1.807) is 73.3 Å². The number of hydrogen-bond donors (Lipinski definition) is 1. The summed E-state index contributed by atoms with van der Waals surface area (Å²) in [6.07, 6.45) is 0. The second-order valence-electron chi connectivity index (χ2n) is 7.79. The fourth-order valence-electron chi connectivity index (χ4n) is 3.66. The van der Waals surface area contributed by atoms with Gasteiger partial charge in [-0.1, -0.05) is 36.4 Å². The van der Waals surface area contributed by atoms with Gasteiger partial charge >= 0.3 is 0 Å². The monoisotopic (exact) mass is 602 g/mol. The Balaban J connectivity index is 1.68. The van der Waals surface area contributed by atoms with E-state index in [1.165, 1.54) is 16.8 Å². The summed E-state index contributed by atoms with van der Waals surface area (Å²) in [4.78, 5) is 26.3. The molecule has 0 saturated carbocycles. The number of para-hydroxylation sites is 1. The van der Waals surface area contributed by atoms with Gasteiger partial charge in [-0.15, -0.1) is 0 Å². The quantitative estimate of drug-likeness (QED) is 0.325. The molecule has 1 N–H and O–H groups in total. The maximum atomic E-state index is 13.5. The van der Waals surface area contributed by atoms with Crippen LogP contribution in [0.1, 0.15) is 5.69 Å². The molecule has 0 atom stereocenters. The highest BCUT2D eigenvalue weighted by atomic mass is 127. The lowest BCUT2D eigenvalue weighted by molar-refractivity contribution is -0.114. The van der Waals surface area contributed by atoms with E-state index >= 15 is 0 Å². The third kappa shape index (κ3) is 5.03. The van der Waals surface area contributed by atoms with E-state index in [2.05, 4.69) is 27.9 Å². The lowest BCUT2D eigenvalue weighted by atomic mass is 10.3. The summed E-state index contributed by atoms with van der Waals surface area (Å²) < 4.78 is 32.0. The van der Waals surface area contributed by atoms with Crippen LogP contribution >= 0.6 is 22.6 Å². The molecular weight excluding hydrogens is 579 g/mol. The molecule has 0 aliphatic carbocycles. The molecule has 0 bridgehead atoms. The van der Waals surface area contributed by atoms with E-state index in [4.69, 9.17) is 0 Å². The second-order valence-corrected chi connectivity index (χ2v) is 10.9. The minimum atomic E-state index is -4.04. The Morgan fingerprint density at radius 2 is 1.51 bits per heavy atom. The van der Waals surface area contributed by atoms with Gasteiger partial charge in [0.1, 0.15) is 12.2 Å². The van der Waals surface area contributed by atoms with Crippen LogP contribution < -0.4 is 15.2 Å². The molecule has 0 aliphatic heterocycles. The van der Waals surface area contributed by atoms with Crippen LogP contribution in [0.4, 0.5) is 11.4 Å². The highest BCUT2D eigenvalue weighted by Crippen LogP contribution is 2.25. The lowest BCUT2D eigenvalue weighted by Crippen LogP contribution is -2.38. The minimum absolute atomic E-state index is 0.0636. The predicted molar refractivity (Wildman–Crippen MR) is 145 cm³/mol. The van der Waals surface area contributed by atoms with Crippen molar-refractivity contribution in [3.63, 3.8) is 0 Å². The molecule has 0 unspecified atom stereocenters. The zero-order chi connectivity index (χ0) is 25.2. The molecule has 3 aromatic carbocycles. The summed E-state index contributed by atoms with van der Waals surface area (Å²) in [5.74, 6) is -0.630. The van der Waals surface area contributed by atoms with Gasteiger partial charge in [-0.3, -0.25) is 18.6 Å². The molecule has 10 heteroatoms. The molecule has 180 valence electrons. The molecule has 1 amide bonds. The van der Waals surface area contributed by atoms with E-state index in [0.717, 1.165) is 7.88 Å². The van der Waals surface area contributed by atoms with Crippen LogP contribution in [0.2, 0.25) is 0 Å². The van der Waals surface area contributed by atoms with Crippen molar-refractivity contribution in [3.8, 4) is 5.69 Å². The molecule has 1 heterocycles. The Morgan fingerprint density at radius 1 is 0.943 bits per heavy atom. The van der Waals surface area contributed by atoms with Gasteiger partial charge in [0.2, 0.25) is 5.91 Å². The molecule has 0 aliphatic rings. The van der Waals surface area contributed by atoms with Crippen molar-refractivity contribution in [2.24, 2.45) is 7.05 Å². The van der Waals surface area contributed by atoms with Crippen LogP contribution in [0.5, 0.6) is 0 Å². The number of rotatable bonds is 7. The van der Waals surface area contributed by atoms with E-state index in [1.807, 2.05) is 18.2 Å². The summed E-state index contributed by atoms with van der Waals surface area (Å²) in [5, 5.41) is 2.64. The van der Waals surface area contributed by atoms with Crippen molar-refractivity contribution in [1.29, 1.82) is 0 Å². The number of benzene rings is 3. The number of carbonyl (C=O) groups is 1. The van der Waals surface area contributed by atoms with E-state index in [9.17, 15) is 18.0 Å². The summed E-state index contributed by atoms with van der Waals surface area (Å²) >= 11 is 2.12. The van der Waals surface area contributed by atoms with Crippen LogP contribution in [0, 0.1) is 10.5 Å². The maximum Gasteiger partial charge on any atom is 0.295 e. The number of amides is 1. The van der Waals surface area contributed by atoms with Gasteiger partial charge in [0.25, 0.3) is 15.6 Å². The molecule has 4 aromatic rings. The zero-order valence-corrected chi connectivity index (χ0v) is 22.0. The molecule has 8 nitrogen and oxygen atoms in total. The molecule has 1 aromatic heterocycles. The van der Waals surface area contributed by atoms with Crippen molar-refractivity contribution in [2.45, 2.75) is 11.8 Å². The normalized spacial score (nSPS) is 11.3. The van der Waals surface area contributed by atoms with Gasteiger partial charge in [-0.05, 0) is 78.0 Å². The summed E-state index contributed by atoms with van der Waals surface area (Å²) in [6, 6.07) is 23.8. The average Bonchev–Trinajstić information content (AvgIpc) is 3.07. The number of hydrogen-bond acceptors (Lipinski definition) is 4. The molecule has 4 rings (SSSR count). The van der Waals surface area contributed by atoms with Gasteiger partial charge < -0.3 is 5.32 Å². The maximum absolute atomic E-state index is 13.5. The standard InChI is InChI=1S/C25H23IN4O4S/c1-18-24(25(32)30(28(18)2)21-9-5-3-6-10-21)27-23(31)17-29(20-15-13-19(26)14-16-20)35(33,34)22-11-7-4-8-12-22/h3-16H,17H2,1-2H3,(H,27,31). The summed E-state index contributed by atoms with van der Waals surface area (Å²) in [7, 11) is -2.32. The molecule has 0 spiro atoms. The van der Waals surface area contributed by atoms with Gasteiger partial charge in [0.05, 0.1) is 22.0 Å². The molecule has 0 saturated heterocycles. The molecule has 0 fully saturated rings. The van der Waals surface area contributed by atoms with E-state index in [0.29, 0.717) is 17.1 Å². The van der Waals surface area contributed by atoms with Crippen LogP contribution in [0.25, 0.3) is 5.69 Å². The molecule has 0 radical (unpaired) electrons. The van der Waals surface area contributed by atoms with E-state index in [-0.39, 0.29) is 10.6 Å². The lowest BCUT2D eigenvalue weighted by Gasteiger charge is -2.24. The fourth-order valence-corrected chi connectivity index (χ4v) is 5.47. The summed E-state index contributed by atoms with van der Waals surface area (Å²) in [5.41, 5.74) is 1.22.